The fourth-order valence-electron chi connectivity index (χ4n) is 3.06. The smallest absolute Gasteiger partial charge is 0.227 e. The van der Waals surface area contributed by atoms with E-state index in [-0.39, 0.29) is 17.5 Å². The highest BCUT2D eigenvalue weighted by molar-refractivity contribution is 6.31. The molecule has 1 amide bonds. The average molecular weight is 365 g/mol. The summed E-state index contributed by atoms with van der Waals surface area (Å²) in [4.78, 5) is 14.5. The molecule has 132 valence electrons. The van der Waals surface area contributed by atoms with Gasteiger partial charge >= 0.3 is 0 Å². The monoisotopic (exact) mass is 364 g/mol. The van der Waals surface area contributed by atoms with E-state index in [1.54, 1.807) is 0 Å². The molecule has 0 spiro atoms. The number of amides is 1. The number of hydrogen-bond donors (Lipinski definition) is 1. The predicted octanol–water partition coefficient (Wildman–Crippen LogP) is 4.47. The molecule has 0 radical (unpaired) electrons. The van der Waals surface area contributed by atoms with Crippen molar-refractivity contribution in [3.63, 3.8) is 0 Å². The summed E-state index contributed by atoms with van der Waals surface area (Å²) in [6, 6.07) is 11.2. The highest BCUT2D eigenvalue weighted by Gasteiger charge is 2.26. The van der Waals surface area contributed by atoms with Gasteiger partial charge in [0.05, 0.1) is 0 Å². The number of likely N-dealkylation sites (tertiary alicyclic amines) is 1. The molecule has 25 heavy (non-hydrogen) atoms. The molecule has 1 N–H and O–H groups in total. The van der Waals surface area contributed by atoms with Crippen LogP contribution in [-0.2, 0) is 11.3 Å². The van der Waals surface area contributed by atoms with E-state index in [2.05, 4.69) is 10.2 Å². The maximum absolute atomic E-state index is 13.6. The van der Waals surface area contributed by atoms with Crippen LogP contribution in [0.1, 0.15) is 18.4 Å². The summed E-state index contributed by atoms with van der Waals surface area (Å²) in [6.45, 7) is 2.21. The minimum atomic E-state index is -0.760. The summed E-state index contributed by atoms with van der Waals surface area (Å²) in [7, 11) is 0. The second-order valence-corrected chi connectivity index (χ2v) is 6.63. The van der Waals surface area contributed by atoms with Gasteiger partial charge in [-0.05, 0) is 49.7 Å². The fourth-order valence-corrected chi connectivity index (χ4v) is 3.26. The van der Waals surface area contributed by atoms with Gasteiger partial charge in [-0.3, -0.25) is 9.69 Å². The number of carbonyl (C=O) groups excluding carboxylic acids is 1. The van der Waals surface area contributed by atoms with Crippen molar-refractivity contribution < 1.29 is 13.6 Å². The maximum Gasteiger partial charge on any atom is 0.227 e. The van der Waals surface area contributed by atoms with Crippen LogP contribution in [0.4, 0.5) is 14.5 Å². The number of halogens is 3. The first-order valence-electron chi connectivity index (χ1n) is 8.25. The summed E-state index contributed by atoms with van der Waals surface area (Å²) in [5, 5.41) is 3.13. The fraction of sp³-hybridized carbons (Fsp3) is 0.316. The molecular formula is C19H19ClF2N2O. The Kier molecular flexibility index (Phi) is 5.66. The molecule has 0 saturated carbocycles. The van der Waals surface area contributed by atoms with E-state index in [9.17, 15) is 13.6 Å². The average Bonchev–Trinajstić information content (AvgIpc) is 2.61. The summed E-state index contributed by atoms with van der Waals surface area (Å²) < 4.78 is 27.3. The molecule has 3 rings (SSSR count). The van der Waals surface area contributed by atoms with Gasteiger partial charge in [0.2, 0.25) is 5.91 Å². The van der Waals surface area contributed by atoms with Crippen LogP contribution < -0.4 is 5.32 Å². The zero-order valence-electron chi connectivity index (χ0n) is 13.6. The number of nitrogens with zero attached hydrogens (tertiary/aromatic N) is 1. The van der Waals surface area contributed by atoms with E-state index in [0.29, 0.717) is 12.8 Å². The maximum atomic E-state index is 13.6. The second-order valence-electron chi connectivity index (χ2n) is 6.23. The van der Waals surface area contributed by atoms with Crippen LogP contribution >= 0.6 is 11.6 Å². The van der Waals surface area contributed by atoms with Gasteiger partial charge in [0.15, 0.2) is 0 Å². The third-order valence-electron chi connectivity index (χ3n) is 4.52. The van der Waals surface area contributed by atoms with Gasteiger partial charge in [0, 0.05) is 17.5 Å². The van der Waals surface area contributed by atoms with Crippen LogP contribution in [0.25, 0.3) is 0 Å². The largest absolute Gasteiger partial charge is 0.321 e. The number of benzene rings is 2. The zero-order chi connectivity index (χ0) is 17.8. The minimum absolute atomic E-state index is 0.249. The number of hydrogen-bond acceptors (Lipinski definition) is 2. The van der Waals surface area contributed by atoms with Crippen LogP contribution in [0.15, 0.2) is 42.5 Å². The van der Waals surface area contributed by atoms with Crippen molar-refractivity contribution in [2.75, 3.05) is 18.4 Å². The lowest BCUT2D eigenvalue weighted by Crippen LogP contribution is -2.38. The van der Waals surface area contributed by atoms with Gasteiger partial charge in [0.1, 0.15) is 17.3 Å². The Morgan fingerprint density at radius 1 is 1.08 bits per heavy atom. The molecule has 1 fully saturated rings. The summed E-state index contributed by atoms with van der Waals surface area (Å²) in [5.41, 5.74) is 0.687. The Bertz CT molecular complexity index is 741. The van der Waals surface area contributed by atoms with Crippen LogP contribution in [0.5, 0.6) is 0 Å². The molecule has 1 saturated heterocycles. The number of rotatable bonds is 4. The first-order valence-corrected chi connectivity index (χ1v) is 8.63. The van der Waals surface area contributed by atoms with Crippen molar-refractivity contribution in [1.82, 2.24) is 4.90 Å². The Labute approximate surface area is 150 Å². The molecule has 0 atom stereocenters. The van der Waals surface area contributed by atoms with Crippen molar-refractivity contribution in [2.45, 2.75) is 19.4 Å². The van der Waals surface area contributed by atoms with Crippen molar-refractivity contribution in [1.29, 1.82) is 0 Å². The minimum Gasteiger partial charge on any atom is -0.321 e. The molecule has 1 heterocycles. The van der Waals surface area contributed by atoms with Crippen molar-refractivity contribution in [3.05, 3.63) is 64.7 Å². The number of anilines is 1. The number of piperidine rings is 1. The Hall–Kier alpha value is -1.98. The number of nitrogens with one attached hydrogen (secondary N) is 1. The lowest BCUT2D eigenvalue weighted by Gasteiger charge is -2.31. The molecule has 0 aromatic heterocycles. The zero-order valence-corrected chi connectivity index (χ0v) is 14.4. The lowest BCUT2D eigenvalue weighted by molar-refractivity contribution is -0.121. The van der Waals surface area contributed by atoms with E-state index < -0.39 is 11.6 Å². The first kappa shape index (κ1) is 17.8. The van der Waals surface area contributed by atoms with Gasteiger partial charge < -0.3 is 5.32 Å². The molecule has 3 nitrogen and oxygen atoms in total. The second kappa shape index (κ2) is 7.93. The molecule has 2 aromatic rings. The van der Waals surface area contributed by atoms with Crippen molar-refractivity contribution >= 4 is 23.2 Å². The molecule has 0 bridgehead atoms. The van der Waals surface area contributed by atoms with Crippen LogP contribution in [-0.4, -0.2) is 23.9 Å². The lowest BCUT2D eigenvalue weighted by atomic mass is 9.95. The molecule has 2 aromatic carbocycles. The van der Waals surface area contributed by atoms with E-state index in [1.807, 2.05) is 24.3 Å². The van der Waals surface area contributed by atoms with E-state index >= 15 is 0 Å². The predicted molar refractivity (Wildman–Crippen MR) is 94.4 cm³/mol. The molecule has 0 unspecified atom stereocenters. The molecule has 1 aliphatic heterocycles. The van der Waals surface area contributed by atoms with Gasteiger partial charge in [-0.2, -0.15) is 0 Å². The van der Waals surface area contributed by atoms with Gasteiger partial charge in [0.25, 0.3) is 0 Å². The quantitative estimate of drug-likeness (QED) is 0.868. The molecule has 0 aliphatic carbocycles. The molecule has 1 aliphatic rings. The first-order chi connectivity index (χ1) is 12.0. The van der Waals surface area contributed by atoms with Gasteiger partial charge in [-0.1, -0.05) is 35.9 Å². The van der Waals surface area contributed by atoms with Crippen LogP contribution in [0.2, 0.25) is 5.02 Å². The Morgan fingerprint density at radius 2 is 1.72 bits per heavy atom. The Morgan fingerprint density at radius 3 is 2.36 bits per heavy atom. The molecule has 6 heteroatoms. The SMILES string of the molecule is O=C(Nc1c(F)cccc1F)C1CCN(Cc2ccccc2Cl)CC1. The standard InChI is InChI=1S/C19H19ClF2N2O/c20-15-5-2-1-4-14(15)12-24-10-8-13(9-11-24)19(25)23-18-16(21)6-3-7-17(18)22/h1-7,13H,8-12H2,(H,23,25). The van der Waals surface area contributed by atoms with Gasteiger partial charge in [-0.15, -0.1) is 0 Å². The third kappa shape index (κ3) is 4.35. The third-order valence-corrected chi connectivity index (χ3v) is 4.89. The highest BCUT2D eigenvalue weighted by Crippen LogP contribution is 2.25. The van der Waals surface area contributed by atoms with Crippen LogP contribution in [0, 0.1) is 17.6 Å². The van der Waals surface area contributed by atoms with E-state index in [0.717, 1.165) is 42.4 Å². The highest BCUT2D eigenvalue weighted by atomic mass is 35.5. The van der Waals surface area contributed by atoms with E-state index in [4.69, 9.17) is 11.6 Å². The summed E-state index contributed by atoms with van der Waals surface area (Å²) in [6.07, 6.45) is 1.29. The summed E-state index contributed by atoms with van der Waals surface area (Å²) in [5.74, 6) is -2.10. The Balaban J connectivity index is 1.55. The number of carbonyl (C=O) groups is 1. The van der Waals surface area contributed by atoms with Crippen molar-refractivity contribution in [2.24, 2.45) is 5.92 Å². The molecular weight excluding hydrogens is 346 g/mol. The normalized spacial score (nSPS) is 16.0. The van der Waals surface area contributed by atoms with Crippen LogP contribution in [0.3, 0.4) is 0 Å². The topological polar surface area (TPSA) is 32.3 Å². The van der Waals surface area contributed by atoms with Crippen molar-refractivity contribution in [3.8, 4) is 0 Å². The van der Waals surface area contributed by atoms with E-state index in [1.165, 1.54) is 6.07 Å². The number of para-hydroxylation sites is 1. The van der Waals surface area contributed by atoms with Gasteiger partial charge in [-0.25, -0.2) is 8.78 Å². The summed E-state index contributed by atoms with van der Waals surface area (Å²) >= 11 is 6.18.